The van der Waals surface area contributed by atoms with Gasteiger partial charge in [0.2, 0.25) is 5.91 Å². The first-order valence-corrected chi connectivity index (χ1v) is 7.84. The Hall–Kier alpha value is -0.220. The second kappa shape index (κ2) is 5.61. The van der Waals surface area contributed by atoms with Gasteiger partial charge in [0.05, 0.1) is 5.54 Å². The molecule has 2 aliphatic rings. The maximum atomic E-state index is 11.6. The highest BCUT2D eigenvalue weighted by molar-refractivity contribution is 7.99. The number of primary amides is 1. The Balaban J connectivity index is 1.73. The first kappa shape index (κ1) is 13.2. The lowest BCUT2D eigenvalue weighted by Gasteiger charge is -2.28. The van der Waals surface area contributed by atoms with Gasteiger partial charge in [-0.15, -0.1) is 0 Å². The van der Waals surface area contributed by atoms with Gasteiger partial charge in [-0.05, 0) is 44.8 Å². The van der Waals surface area contributed by atoms with Crippen molar-refractivity contribution in [3.05, 3.63) is 0 Å². The van der Waals surface area contributed by atoms with Gasteiger partial charge in [-0.25, -0.2) is 0 Å². The highest BCUT2D eigenvalue weighted by Gasteiger charge is 2.36. The van der Waals surface area contributed by atoms with E-state index in [1.54, 1.807) is 0 Å². The van der Waals surface area contributed by atoms with E-state index in [9.17, 15) is 4.79 Å². The Morgan fingerprint density at radius 1 is 1.35 bits per heavy atom. The van der Waals surface area contributed by atoms with Crippen molar-refractivity contribution in [1.82, 2.24) is 5.32 Å². The van der Waals surface area contributed by atoms with Crippen LogP contribution in [0.4, 0.5) is 0 Å². The Morgan fingerprint density at radius 3 is 2.53 bits per heavy atom. The number of thioether (sulfide) groups is 1. The van der Waals surface area contributed by atoms with Crippen molar-refractivity contribution in [3.63, 3.8) is 0 Å². The Labute approximate surface area is 108 Å². The van der Waals surface area contributed by atoms with E-state index in [2.05, 4.69) is 5.32 Å². The predicted molar refractivity (Wildman–Crippen MR) is 73.1 cm³/mol. The summed E-state index contributed by atoms with van der Waals surface area (Å²) in [5, 5.41) is 4.23. The fraction of sp³-hybridized carbons (Fsp3) is 0.923. The van der Waals surface area contributed by atoms with E-state index >= 15 is 0 Å². The lowest BCUT2D eigenvalue weighted by molar-refractivity contribution is -0.124. The lowest BCUT2D eigenvalue weighted by atomic mass is 9.98. The van der Waals surface area contributed by atoms with Crippen LogP contribution in [0.25, 0.3) is 0 Å². The minimum absolute atomic E-state index is 0.198. The molecule has 1 atom stereocenters. The summed E-state index contributed by atoms with van der Waals surface area (Å²) in [5.74, 6) is 0.848. The van der Waals surface area contributed by atoms with E-state index in [1.807, 2.05) is 18.7 Å². The molecule has 2 aliphatic carbocycles. The summed E-state index contributed by atoms with van der Waals surface area (Å²) in [7, 11) is 0. The van der Waals surface area contributed by atoms with E-state index in [0.717, 1.165) is 17.4 Å². The van der Waals surface area contributed by atoms with Gasteiger partial charge in [-0.3, -0.25) is 4.79 Å². The Morgan fingerprint density at radius 2 is 2.00 bits per heavy atom. The van der Waals surface area contributed by atoms with Crippen LogP contribution in [0.3, 0.4) is 0 Å². The second-order valence-electron chi connectivity index (χ2n) is 5.64. The molecule has 3 N–H and O–H groups in total. The molecule has 2 rings (SSSR count). The summed E-state index contributed by atoms with van der Waals surface area (Å²) < 4.78 is 0. The van der Waals surface area contributed by atoms with Crippen molar-refractivity contribution in [3.8, 4) is 0 Å². The third-order valence-corrected chi connectivity index (χ3v) is 5.28. The molecule has 0 aromatic heterocycles. The third-order valence-electron chi connectivity index (χ3n) is 3.90. The van der Waals surface area contributed by atoms with Crippen LogP contribution in [-0.4, -0.2) is 28.5 Å². The zero-order valence-electron chi connectivity index (χ0n) is 10.7. The molecule has 98 valence electrons. The monoisotopic (exact) mass is 256 g/mol. The van der Waals surface area contributed by atoms with Crippen LogP contribution in [0, 0.1) is 0 Å². The van der Waals surface area contributed by atoms with Gasteiger partial charge < -0.3 is 11.1 Å². The molecule has 0 aliphatic heterocycles. The van der Waals surface area contributed by atoms with Gasteiger partial charge in [0.1, 0.15) is 0 Å². The Bertz CT molecular complexity index is 275. The topological polar surface area (TPSA) is 55.1 Å². The fourth-order valence-electron chi connectivity index (χ4n) is 2.43. The molecule has 0 saturated heterocycles. The molecule has 0 aromatic carbocycles. The van der Waals surface area contributed by atoms with E-state index in [0.29, 0.717) is 6.04 Å². The quantitative estimate of drug-likeness (QED) is 0.733. The van der Waals surface area contributed by atoms with E-state index in [-0.39, 0.29) is 5.91 Å². The summed E-state index contributed by atoms with van der Waals surface area (Å²) in [6.07, 6.45) is 8.72. The van der Waals surface area contributed by atoms with Gasteiger partial charge in [0.15, 0.2) is 0 Å². The highest BCUT2D eigenvalue weighted by Crippen LogP contribution is 2.31. The molecule has 2 saturated carbocycles. The summed E-state index contributed by atoms with van der Waals surface area (Å²) >= 11 is 2.03. The molecule has 0 aromatic rings. The molecular weight excluding hydrogens is 232 g/mol. The van der Waals surface area contributed by atoms with Gasteiger partial charge >= 0.3 is 0 Å². The zero-order chi connectivity index (χ0) is 12.3. The summed E-state index contributed by atoms with van der Waals surface area (Å²) in [6.45, 7) is 1.96. The van der Waals surface area contributed by atoms with Gasteiger partial charge in [0.25, 0.3) is 0 Å². The molecule has 0 radical (unpaired) electrons. The van der Waals surface area contributed by atoms with Crippen LogP contribution in [0.5, 0.6) is 0 Å². The molecule has 0 bridgehead atoms. The number of nitrogens with one attached hydrogen (secondary N) is 1. The lowest BCUT2D eigenvalue weighted by Crippen LogP contribution is -2.54. The average molecular weight is 256 g/mol. The third kappa shape index (κ3) is 3.88. The summed E-state index contributed by atoms with van der Waals surface area (Å²) in [6, 6.07) is 0.531. The van der Waals surface area contributed by atoms with Crippen LogP contribution in [0.2, 0.25) is 0 Å². The molecule has 1 amide bonds. The normalized spacial score (nSPS) is 24.8. The van der Waals surface area contributed by atoms with Crippen molar-refractivity contribution >= 4 is 17.7 Å². The SMILES string of the molecule is CC(CCSC1CCCC1)(NC1CC1)C(N)=O. The average Bonchev–Trinajstić information content (AvgIpc) is 2.93. The number of hydrogen-bond donors (Lipinski definition) is 2. The van der Waals surface area contributed by atoms with Crippen molar-refractivity contribution in [2.75, 3.05) is 5.75 Å². The molecule has 2 fully saturated rings. The first-order valence-electron chi connectivity index (χ1n) is 6.79. The largest absolute Gasteiger partial charge is 0.368 e. The van der Waals surface area contributed by atoms with Crippen LogP contribution >= 0.6 is 11.8 Å². The van der Waals surface area contributed by atoms with Crippen LogP contribution < -0.4 is 11.1 Å². The molecule has 0 spiro atoms. The highest BCUT2D eigenvalue weighted by atomic mass is 32.2. The molecular formula is C13H24N2OS. The number of carbonyl (C=O) groups is 1. The maximum Gasteiger partial charge on any atom is 0.237 e. The number of hydrogen-bond acceptors (Lipinski definition) is 3. The number of carbonyl (C=O) groups excluding carboxylic acids is 1. The molecule has 4 heteroatoms. The number of rotatable bonds is 7. The van der Waals surface area contributed by atoms with Gasteiger partial charge in [-0.1, -0.05) is 12.8 Å². The Kier molecular flexibility index (Phi) is 4.36. The zero-order valence-corrected chi connectivity index (χ0v) is 11.5. The molecule has 17 heavy (non-hydrogen) atoms. The predicted octanol–water partition coefficient (Wildman–Crippen LogP) is 2.05. The minimum atomic E-state index is -0.493. The first-order chi connectivity index (χ1) is 8.10. The number of amides is 1. The van der Waals surface area contributed by atoms with Crippen molar-refractivity contribution in [1.29, 1.82) is 0 Å². The van der Waals surface area contributed by atoms with E-state index < -0.39 is 5.54 Å². The fourth-order valence-corrected chi connectivity index (χ4v) is 3.96. The van der Waals surface area contributed by atoms with Gasteiger partial charge in [-0.2, -0.15) is 11.8 Å². The van der Waals surface area contributed by atoms with Gasteiger partial charge in [0, 0.05) is 11.3 Å². The van der Waals surface area contributed by atoms with Crippen molar-refractivity contribution in [2.45, 2.75) is 68.7 Å². The molecule has 3 nitrogen and oxygen atoms in total. The van der Waals surface area contributed by atoms with E-state index in [4.69, 9.17) is 5.73 Å². The standard InChI is InChI=1S/C13H24N2OS/c1-13(12(14)16,15-10-6-7-10)8-9-17-11-4-2-3-5-11/h10-11,15H,2-9H2,1H3,(H2,14,16). The van der Waals surface area contributed by atoms with Crippen LogP contribution in [-0.2, 0) is 4.79 Å². The smallest absolute Gasteiger partial charge is 0.237 e. The molecule has 1 unspecified atom stereocenters. The van der Waals surface area contributed by atoms with Crippen molar-refractivity contribution in [2.24, 2.45) is 5.73 Å². The number of nitrogens with two attached hydrogens (primary N) is 1. The maximum absolute atomic E-state index is 11.6. The van der Waals surface area contributed by atoms with Crippen LogP contribution in [0.1, 0.15) is 51.9 Å². The second-order valence-corrected chi connectivity index (χ2v) is 7.05. The molecule has 0 heterocycles. The summed E-state index contributed by atoms with van der Waals surface area (Å²) in [4.78, 5) is 11.6. The van der Waals surface area contributed by atoms with E-state index in [1.165, 1.54) is 38.5 Å². The summed E-state index contributed by atoms with van der Waals surface area (Å²) in [5.41, 5.74) is 5.04. The minimum Gasteiger partial charge on any atom is -0.368 e. The van der Waals surface area contributed by atoms with Crippen LogP contribution in [0.15, 0.2) is 0 Å². The van der Waals surface area contributed by atoms with Crippen molar-refractivity contribution < 1.29 is 4.79 Å².